The number of carboxylic acid groups (broad SMARTS) is 1. The Hall–Kier alpha value is -7.17. The number of methoxy groups -OCH3 is 2. The molecule has 0 aliphatic rings. The number of nitrogens with two attached hydrogens (primary N) is 1. The van der Waals surface area contributed by atoms with Crippen LogP contribution in [0.15, 0.2) is 109 Å². The zero-order valence-electron chi connectivity index (χ0n) is 36.4. The Balaban J connectivity index is 1.11. The number of hydrogen-bond donors (Lipinski definition) is 6. The lowest BCUT2D eigenvalue weighted by Gasteiger charge is -2.24. The summed E-state index contributed by atoms with van der Waals surface area (Å²) in [7, 11) is -0.746. The number of rotatable bonds is 18. The number of benzene rings is 5. The molecule has 334 valence electrons. The number of urea groups is 1. The van der Waals surface area contributed by atoms with Crippen molar-refractivity contribution in [2.75, 3.05) is 41.1 Å². The van der Waals surface area contributed by atoms with Gasteiger partial charge in [0.25, 0.3) is 0 Å². The normalized spacial score (nSPS) is 11.9. The van der Waals surface area contributed by atoms with Crippen LogP contribution in [0.25, 0.3) is 10.8 Å². The number of aryl methyl sites for hydroxylation is 1. The molecule has 6 rings (SSSR count). The largest absolute Gasteiger partial charge is 0.496 e. The molecule has 1 heterocycles. The lowest BCUT2D eigenvalue weighted by molar-refractivity contribution is -0.138. The highest BCUT2D eigenvalue weighted by Gasteiger charge is 2.23. The molecule has 1 atom stereocenters. The number of carboxylic acids is 1. The predicted octanol–water partition coefficient (Wildman–Crippen LogP) is 9.26. The summed E-state index contributed by atoms with van der Waals surface area (Å²) in [5.41, 5.74) is 10.0. The van der Waals surface area contributed by atoms with Crippen molar-refractivity contribution < 1.29 is 42.1 Å². The molecule has 64 heavy (non-hydrogen) atoms. The van der Waals surface area contributed by atoms with Crippen LogP contribution < -0.4 is 40.6 Å². The smallest absolute Gasteiger partial charge is 0.323 e. The SMILES string of the molecule is COc1cc(Nc2cc(Oc3ccc(NC(=O)Nc4cc(C(C)(C)C)cc(NS(C)(=O)=O)c4OC)c4ccccc34)ccn2)ccc1C(=O)CCCc1ccc(C[C@H](N)C(=O)O)cc1. The van der Waals surface area contributed by atoms with Gasteiger partial charge in [0.15, 0.2) is 11.5 Å². The van der Waals surface area contributed by atoms with E-state index in [1.165, 1.54) is 14.2 Å². The number of ketones is 1. The summed E-state index contributed by atoms with van der Waals surface area (Å²) >= 11 is 0. The van der Waals surface area contributed by atoms with E-state index in [0.717, 1.165) is 28.3 Å². The van der Waals surface area contributed by atoms with Gasteiger partial charge in [0.2, 0.25) is 10.0 Å². The first-order chi connectivity index (χ1) is 30.4. The maximum Gasteiger partial charge on any atom is 0.323 e. The summed E-state index contributed by atoms with van der Waals surface area (Å²) < 4.78 is 44.4. The van der Waals surface area contributed by atoms with E-state index in [1.807, 2.05) is 69.3 Å². The molecule has 0 radical (unpaired) electrons. The molecular formula is C48H52N6O9S. The highest BCUT2D eigenvalue weighted by atomic mass is 32.2. The molecule has 0 bridgehead atoms. The number of pyridine rings is 1. The number of amides is 2. The minimum Gasteiger partial charge on any atom is -0.496 e. The van der Waals surface area contributed by atoms with Crippen molar-refractivity contribution in [3.8, 4) is 23.0 Å². The van der Waals surface area contributed by atoms with Crippen LogP contribution in [0.1, 0.15) is 60.7 Å². The van der Waals surface area contributed by atoms with Crippen LogP contribution in [-0.4, -0.2) is 62.8 Å². The van der Waals surface area contributed by atoms with E-state index in [1.54, 1.807) is 60.8 Å². The molecule has 0 unspecified atom stereocenters. The zero-order chi connectivity index (χ0) is 46.2. The summed E-state index contributed by atoms with van der Waals surface area (Å²) in [4.78, 5) is 42.3. The van der Waals surface area contributed by atoms with Gasteiger partial charge in [-0.25, -0.2) is 18.2 Å². The van der Waals surface area contributed by atoms with Gasteiger partial charge < -0.3 is 41.0 Å². The van der Waals surface area contributed by atoms with Crippen molar-refractivity contribution in [1.82, 2.24) is 4.98 Å². The fraction of sp³-hybridized carbons (Fsp3) is 0.250. The average molecular weight is 889 g/mol. The van der Waals surface area contributed by atoms with E-state index in [0.29, 0.717) is 64.7 Å². The lowest BCUT2D eigenvalue weighted by Crippen LogP contribution is -2.32. The molecule has 15 nitrogen and oxygen atoms in total. The Kier molecular flexibility index (Phi) is 14.4. The lowest BCUT2D eigenvalue weighted by atomic mass is 9.86. The molecule has 0 saturated heterocycles. The van der Waals surface area contributed by atoms with E-state index < -0.39 is 28.1 Å². The number of nitrogens with zero attached hydrogens (tertiary/aromatic N) is 1. The first kappa shape index (κ1) is 46.3. The first-order valence-corrected chi connectivity index (χ1v) is 22.3. The molecule has 0 saturated carbocycles. The second-order valence-electron chi connectivity index (χ2n) is 16.2. The minimum absolute atomic E-state index is 0.0563. The number of aromatic nitrogens is 1. The zero-order valence-corrected chi connectivity index (χ0v) is 37.3. The van der Waals surface area contributed by atoms with Crippen LogP contribution >= 0.6 is 0 Å². The van der Waals surface area contributed by atoms with E-state index >= 15 is 0 Å². The van der Waals surface area contributed by atoms with Gasteiger partial charge in [0.05, 0.1) is 43.1 Å². The number of anilines is 5. The number of aliphatic carboxylic acids is 1. The number of Topliss-reactive ketones (excluding diaryl/α,β-unsaturated/α-hetero) is 1. The van der Waals surface area contributed by atoms with Gasteiger partial charge in [-0.3, -0.25) is 14.3 Å². The maximum atomic E-state index is 13.5. The van der Waals surface area contributed by atoms with Crippen LogP contribution in [0, 0.1) is 0 Å². The maximum absolute atomic E-state index is 13.5. The second-order valence-corrected chi connectivity index (χ2v) is 18.0. The quantitative estimate of drug-likeness (QED) is 0.0445. The summed E-state index contributed by atoms with van der Waals surface area (Å²) in [6, 6.07) is 29.1. The van der Waals surface area contributed by atoms with Crippen molar-refractivity contribution in [2.45, 2.75) is 57.9 Å². The fourth-order valence-electron chi connectivity index (χ4n) is 6.98. The van der Waals surface area contributed by atoms with Crippen molar-refractivity contribution in [3.05, 3.63) is 132 Å². The topological polar surface area (TPSA) is 220 Å². The predicted molar refractivity (Wildman–Crippen MR) is 250 cm³/mol. The molecule has 1 aromatic heterocycles. The number of hydrogen-bond acceptors (Lipinski definition) is 11. The summed E-state index contributed by atoms with van der Waals surface area (Å²) in [6.45, 7) is 5.93. The van der Waals surface area contributed by atoms with Crippen LogP contribution in [0.5, 0.6) is 23.0 Å². The molecule has 7 N–H and O–H groups in total. The summed E-state index contributed by atoms with van der Waals surface area (Å²) in [6.07, 6.45) is 4.50. The fourth-order valence-corrected chi connectivity index (χ4v) is 7.53. The number of carbonyl (C=O) groups is 3. The number of carbonyl (C=O) groups excluding carboxylic acids is 2. The van der Waals surface area contributed by atoms with Crippen LogP contribution in [0.3, 0.4) is 0 Å². The Morgan fingerprint density at radius 3 is 2.16 bits per heavy atom. The number of sulfonamides is 1. The highest BCUT2D eigenvalue weighted by molar-refractivity contribution is 7.92. The molecule has 2 amide bonds. The van der Waals surface area contributed by atoms with E-state index in [2.05, 4.69) is 25.7 Å². The number of fused-ring (bicyclic) bond motifs is 1. The molecule has 16 heteroatoms. The molecule has 0 aliphatic heterocycles. The first-order valence-electron chi connectivity index (χ1n) is 20.4. The van der Waals surface area contributed by atoms with Crippen LogP contribution in [-0.2, 0) is 33.1 Å². The van der Waals surface area contributed by atoms with Gasteiger partial charge in [-0.1, -0.05) is 69.3 Å². The standard InChI is InChI=1S/C48H52N6O9S/c1-48(2,3)31-25-39(45(62-5)40(26-31)54-64(6,59)60)53-47(58)52-38-20-21-42(35-12-8-7-11-34(35)38)63-33-22-23-50-44(28-33)51-32-18-19-36(43(27-32)61-4)41(55)13-9-10-29-14-16-30(17-15-29)24-37(49)46(56)57/h7-8,11-12,14-23,25-28,37,54H,9-10,13,24,49H2,1-6H3,(H,50,51)(H,56,57)(H2,52,53,58)/t37-/m0/s1. The molecular weight excluding hydrogens is 837 g/mol. The third kappa shape index (κ3) is 12.0. The van der Waals surface area contributed by atoms with Gasteiger partial charge >= 0.3 is 12.0 Å². The third-order valence-electron chi connectivity index (χ3n) is 10.2. The average Bonchev–Trinajstić information content (AvgIpc) is 3.24. The Morgan fingerprint density at radius 2 is 1.48 bits per heavy atom. The van der Waals surface area contributed by atoms with Crippen LogP contribution in [0.4, 0.5) is 33.4 Å². The molecule has 0 spiro atoms. The Labute approximate surface area is 372 Å². The molecule has 0 fully saturated rings. The van der Waals surface area contributed by atoms with Crippen molar-refractivity contribution in [2.24, 2.45) is 5.73 Å². The molecule has 6 aromatic rings. The van der Waals surface area contributed by atoms with Crippen molar-refractivity contribution >= 4 is 67.1 Å². The van der Waals surface area contributed by atoms with Crippen molar-refractivity contribution in [1.29, 1.82) is 0 Å². The summed E-state index contributed by atoms with van der Waals surface area (Å²) in [5, 5.41) is 19.5. The monoisotopic (exact) mass is 888 g/mol. The van der Waals surface area contributed by atoms with E-state index in [-0.39, 0.29) is 34.7 Å². The van der Waals surface area contributed by atoms with Crippen molar-refractivity contribution in [3.63, 3.8) is 0 Å². The second kappa shape index (κ2) is 19.9. The van der Waals surface area contributed by atoms with Gasteiger partial charge in [0.1, 0.15) is 29.1 Å². The van der Waals surface area contributed by atoms with Crippen LogP contribution in [0.2, 0.25) is 0 Å². The number of nitrogens with one attached hydrogen (secondary N) is 4. The minimum atomic E-state index is -3.66. The third-order valence-corrected chi connectivity index (χ3v) is 10.8. The Morgan fingerprint density at radius 1 is 0.797 bits per heavy atom. The molecule has 5 aromatic carbocycles. The van der Waals surface area contributed by atoms with E-state index in [9.17, 15) is 22.8 Å². The Bertz CT molecular complexity index is 2790. The van der Waals surface area contributed by atoms with E-state index in [4.69, 9.17) is 25.1 Å². The van der Waals surface area contributed by atoms with Gasteiger partial charge in [-0.15, -0.1) is 0 Å². The number of ether oxygens (including phenoxy) is 3. The van der Waals surface area contributed by atoms with Gasteiger partial charge in [0, 0.05) is 41.2 Å². The molecule has 0 aliphatic carbocycles. The van der Waals surface area contributed by atoms with Gasteiger partial charge in [-0.05, 0) is 83.8 Å². The van der Waals surface area contributed by atoms with Gasteiger partial charge in [-0.2, -0.15) is 0 Å². The summed E-state index contributed by atoms with van der Waals surface area (Å²) in [5.74, 6) is 0.974. The highest BCUT2D eigenvalue weighted by Crippen LogP contribution is 2.40.